The summed E-state index contributed by atoms with van der Waals surface area (Å²) in [6.07, 6.45) is 5.66. The van der Waals surface area contributed by atoms with E-state index in [1.165, 1.54) is 6.26 Å². The Hall–Kier alpha value is -0.640. The van der Waals surface area contributed by atoms with Crippen LogP contribution >= 0.6 is 0 Å². The molecule has 0 amide bonds. The fourth-order valence-corrected chi connectivity index (χ4v) is 3.94. The Morgan fingerprint density at radius 3 is 3.17 bits per heavy atom. The molecule has 3 nitrogen and oxygen atoms in total. The number of hydrogen-bond acceptors (Lipinski definition) is 3. The van der Waals surface area contributed by atoms with E-state index in [1.54, 1.807) is 12.3 Å². The summed E-state index contributed by atoms with van der Waals surface area (Å²) in [5.74, 6) is 0.538. The predicted molar refractivity (Wildman–Crippen MR) is 45.9 cm³/mol. The van der Waals surface area contributed by atoms with E-state index in [4.69, 9.17) is 4.42 Å². The summed E-state index contributed by atoms with van der Waals surface area (Å²) < 4.78 is 7.52. The van der Waals surface area contributed by atoms with Gasteiger partial charge < -0.3 is 0 Å². The Morgan fingerprint density at radius 1 is 1.67 bits per heavy atom. The van der Waals surface area contributed by atoms with Crippen molar-refractivity contribution in [3.8, 4) is 0 Å². The molecule has 1 aliphatic heterocycles. The fraction of sp³-hybridized carbons (Fsp3) is 0.125. The predicted octanol–water partition coefficient (Wildman–Crippen LogP) is 0.495. The quantitative estimate of drug-likeness (QED) is 0.693. The van der Waals surface area contributed by atoms with Crippen LogP contribution in [0.25, 0.3) is 6.08 Å². The summed E-state index contributed by atoms with van der Waals surface area (Å²) in [5.41, 5.74) is 0.874. The first kappa shape index (κ1) is 7.98. The molecule has 0 fully saturated rings. The van der Waals surface area contributed by atoms with Crippen LogP contribution in [0.4, 0.5) is 0 Å². The van der Waals surface area contributed by atoms with Crippen molar-refractivity contribution in [1.82, 2.24) is 4.98 Å². The van der Waals surface area contributed by atoms with Crippen LogP contribution in [0.2, 0.25) is 0 Å². The number of aromatic nitrogens is 1. The zero-order valence-electron chi connectivity index (χ0n) is 6.36. The zero-order valence-corrected chi connectivity index (χ0v) is 9.65. The summed E-state index contributed by atoms with van der Waals surface area (Å²) >= 11 is -0.996. The number of nitrogens with zero attached hydrogens (tertiary/aromatic N) is 1. The van der Waals surface area contributed by atoms with Crippen LogP contribution in [0, 0.1) is 0 Å². The molecule has 0 unspecified atom stereocenters. The fourth-order valence-electron chi connectivity index (χ4n) is 1.09. The van der Waals surface area contributed by atoms with Crippen LogP contribution in [0.5, 0.6) is 0 Å². The van der Waals surface area contributed by atoms with Crippen LogP contribution in [0.3, 0.4) is 0 Å². The van der Waals surface area contributed by atoms with E-state index in [9.17, 15) is 4.79 Å². The summed E-state index contributed by atoms with van der Waals surface area (Å²) in [4.78, 5) is 15.1. The molecule has 4 heteroatoms. The molecule has 2 heterocycles. The average Bonchev–Trinajstić information content (AvgIpc) is 2.65. The van der Waals surface area contributed by atoms with Gasteiger partial charge in [-0.05, 0) is 0 Å². The molecule has 0 saturated carbocycles. The third-order valence-electron chi connectivity index (χ3n) is 1.67. The van der Waals surface area contributed by atoms with Crippen LogP contribution in [0.1, 0.15) is 12.3 Å². The van der Waals surface area contributed by atoms with Crippen molar-refractivity contribution >= 4 is 35.8 Å². The molecular formula is C8H6InNO2. The molecule has 0 aromatic carbocycles. The minimum absolute atomic E-state index is 0.364. The van der Waals surface area contributed by atoms with Gasteiger partial charge >= 0.3 is 80.3 Å². The normalized spacial score (nSPS) is 18.7. The van der Waals surface area contributed by atoms with Gasteiger partial charge in [0.05, 0.1) is 0 Å². The van der Waals surface area contributed by atoms with Gasteiger partial charge in [0.25, 0.3) is 0 Å². The Balaban J connectivity index is 2.26. The van der Waals surface area contributed by atoms with Gasteiger partial charge in [-0.25, -0.2) is 0 Å². The molecule has 1 aromatic heterocycles. The molecule has 2 rings (SSSR count). The van der Waals surface area contributed by atoms with E-state index >= 15 is 0 Å². The number of carbonyl (C=O) groups excluding carboxylic acids is 1. The molecule has 1 aromatic rings. The average molecular weight is 263 g/mol. The molecule has 0 N–H and O–H groups in total. The van der Waals surface area contributed by atoms with E-state index in [2.05, 4.69) is 8.74 Å². The molecule has 0 atom stereocenters. The van der Waals surface area contributed by atoms with E-state index in [-0.39, 0.29) is 0 Å². The number of carbonyl (C=O) groups is 1. The zero-order chi connectivity index (χ0) is 8.39. The first-order chi connectivity index (χ1) is 5.86. The molecular weight excluding hydrogens is 257 g/mol. The van der Waals surface area contributed by atoms with Crippen LogP contribution in [0.15, 0.2) is 22.5 Å². The topological polar surface area (TPSA) is 43.1 Å². The molecule has 58 valence electrons. The monoisotopic (exact) mass is 263 g/mol. The van der Waals surface area contributed by atoms with Crippen LogP contribution in [-0.4, -0.2) is 34.7 Å². The molecule has 0 radical (unpaired) electrons. The van der Waals surface area contributed by atoms with Crippen LogP contribution in [-0.2, 0) is 4.79 Å². The van der Waals surface area contributed by atoms with E-state index in [0.717, 1.165) is 12.0 Å². The van der Waals surface area contributed by atoms with Crippen molar-refractivity contribution in [2.75, 3.05) is 0 Å². The minimum atomic E-state index is -0.996. The third-order valence-corrected chi connectivity index (χ3v) is 4.94. The molecule has 0 saturated heterocycles. The van der Waals surface area contributed by atoms with Crippen molar-refractivity contribution < 1.29 is 9.21 Å². The SMILES string of the molecule is O=[C]1[In]=[CH]C/C1=C\c1ncco1. The second-order valence-electron chi connectivity index (χ2n) is 2.51. The van der Waals surface area contributed by atoms with Gasteiger partial charge in [0, 0.05) is 0 Å². The third kappa shape index (κ3) is 1.58. The van der Waals surface area contributed by atoms with Gasteiger partial charge in [0.2, 0.25) is 0 Å². The van der Waals surface area contributed by atoms with E-state index in [0.29, 0.717) is 9.43 Å². The maximum atomic E-state index is 11.2. The summed E-state index contributed by atoms with van der Waals surface area (Å²) in [6.45, 7) is 0. The van der Waals surface area contributed by atoms with Crippen LogP contribution < -0.4 is 0 Å². The Bertz CT molecular complexity index is 351. The Labute approximate surface area is 80.3 Å². The molecule has 0 spiro atoms. The summed E-state index contributed by atoms with van der Waals surface area (Å²) in [5, 5.41) is 0. The standard InChI is InChI=1S/C8H6NO2.In/c1-2-7(6-10)5-8-9-3-4-11-8;/h1,3-5H,2H2;/b7-5+;. The Morgan fingerprint density at radius 2 is 2.58 bits per heavy atom. The summed E-state index contributed by atoms with van der Waals surface area (Å²) in [6, 6.07) is 0. The number of oxazole rings is 1. The van der Waals surface area contributed by atoms with E-state index in [1.807, 2.05) is 0 Å². The molecule has 1 aliphatic rings. The van der Waals surface area contributed by atoms with Gasteiger partial charge in [-0.3, -0.25) is 0 Å². The van der Waals surface area contributed by atoms with Crippen molar-refractivity contribution in [1.29, 1.82) is 0 Å². The van der Waals surface area contributed by atoms with Crippen molar-refractivity contribution in [3.05, 3.63) is 23.9 Å². The second-order valence-corrected chi connectivity index (χ2v) is 6.30. The number of rotatable bonds is 1. The summed E-state index contributed by atoms with van der Waals surface area (Å²) in [7, 11) is 0. The van der Waals surface area contributed by atoms with Crippen molar-refractivity contribution in [3.63, 3.8) is 0 Å². The van der Waals surface area contributed by atoms with Crippen molar-refractivity contribution in [2.24, 2.45) is 0 Å². The molecule has 0 aliphatic carbocycles. The van der Waals surface area contributed by atoms with Crippen molar-refractivity contribution in [2.45, 2.75) is 6.42 Å². The molecule has 0 bridgehead atoms. The first-order valence-electron chi connectivity index (χ1n) is 3.67. The van der Waals surface area contributed by atoms with Gasteiger partial charge in [0.1, 0.15) is 0 Å². The second kappa shape index (κ2) is 3.39. The molecule has 12 heavy (non-hydrogen) atoms. The van der Waals surface area contributed by atoms with Gasteiger partial charge in [0.15, 0.2) is 0 Å². The van der Waals surface area contributed by atoms with Gasteiger partial charge in [-0.2, -0.15) is 0 Å². The number of allylic oxidation sites excluding steroid dienone is 1. The van der Waals surface area contributed by atoms with Gasteiger partial charge in [-0.15, -0.1) is 0 Å². The van der Waals surface area contributed by atoms with E-state index < -0.39 is 22.4 Å². The van der Waals surface area contributed by atoms with Gasteiger partial charge in [-0.1, -0.05) is 0 Å². The number of hydrogen-bond donors (Lipinski definition) is 0. The first-order valence-corrected chi connectivity index (χ1v) is 7.22. The Kier molecular flexibility index (Phi) is 2.26. The maximum absolute atomic E-state index is 11.2.